The number of halogens is 1. The highest BCUT2D eigenvalue weighted by atomic mass is 35.5. The lowest BCUT2D eigenvalue weighted by atomic mass is 10.3. The molecule has 3 rings (SSSR count). The Morgan fingerprint density at radius 3 is 2.73 bits per heavy atom. The Morgan fingerprint density at radius 1 is 1.23 bits per heavy atom. The topological polar surface area (TPSA) is 79.3 Å². The fraction of sp³-hybridized carbons (Fsp3) is 0.0667. The summed E-state index contributed by atoms with van der Waals surface area (Å²) >= 11 is 6.02. The number of azo groups is 1. The number of nitrogens with zero attached hydrogens (tertiary/aromatic N) is 4. The number of carboxylic acids is 1. The van der Waals surface area contributed by atoms with Gasteiger partial charge in [-0.3, -0.25) is 4.40 Å². The molecule has 22 heavy (non-hydrogen) atoms. The summed E-state index contributed by atoms with van der Waals surface area (Å²) in [5.41, 5.74) is 1.76. The highest BCUT2D eigenvalue weighted by molar-refractivity contribution is 6.32. The minimum absolute atomic E-state index is 0.151. The summed E-state index contributed by atoms with van der Waals surface area (Å²) in [7, 11) is 0. The highest BCUT2D eigenvalue weighted by Gasteiger charge is 2.18. The molecule has 0 bridgehead atoms. The molecule has 0 aliphatic rings. The van der Waals surface area contributed by atoms with Crippen molar-refractivity contribution in [3.05, 3.63) is 58.9 Å². The molecule has 1 aromatic carbocycles. The molecular weight excluding hydrogens is 304 g/mol. The van der Waals surface area contributed by atoms with Crippen LogP contribution in [0.1, 0.15) is 16.1 Å². The number of aromatic nitrogens is 2. The summed E-state index contributed by atoms with van der Waals surface area (Å²) in [6.07, 6.45) is 1.76. The van der Waals surface area contributed by atoms with Gasteiger partial charge < -0.3 is 5.11 Å². The first-order valence-corrected chi connectivity index (χ1v) is 6.82. The van der Waals surface area contributed by atoms with Gasteiger partial charge in [-0.1, -0.05) is 29.8 Å². The van der Waals surface area contributed by atoms with Gasteiger partial charge in [0.15, 0.2) is 11.5 Å². The molecule has 0 atom stereocenters. The number of aryl methyl sites for hydroxylation is 1. The third-order valence-corrected chi connectivity index (χ3v) is 3.37. The van der Waals surface area contributed by atoms with Gasteiger partial charge in [0.05, 0.1) is 5.02 Å². The fourth-order valence-corrected chi connectivity index (χ4v) is 2.19. The molecule has 6 nitrogen and oxygen atoms in total. The largest absolute Gasteiger partial charge is 0.476 e. The molecular formula is C15H11ClN4O2. The molecule has 0 amide bonds. The Balaban J connectivity index is 2.16. The van der Waals surface area contributed by atoms with Crippen LogP contribution >= 0.6 is 11.6 Å². The van der Waals surface area contributed by atoms with E-state index >= 15 is 0 Å². The number of hydrogen-bond donors (Lipinski definition) is 1. The monoisotopic (exact) mass is 314 g/mol. The minimum atomic E-state index is -1.16. The number of fused-ring (bicyclic) bond motifs is 1. The number of imidazole rings is 1. The van der Waals surface area contributed by atoms with Crippen LogP contribution < -0.4 is 0 Å². The van der Waals surface area contributed by atoms with Gasteiger partial charge in [0.25, 0.3) is 0 Å². The van der Waals surface area contributed by atoms with Crippen LogP contribution in [-0.2, 0) is 0 Å². The number of carbonyl (C=O) groups is 1. The van der Waals surface area contributed by atoms with Crippen molar-refractivity contribution < 1.29 is 9.90 Å². The zero-order valence-electron chi connectivity index (χ0n) is 11.6. The quantitative estimate of drug-likeness (QED) is 0.727. The molecule has 0 aliphatic carbocycles. The molecule has 0 fully saturated rings. The van der Waals surface area contributed by atoms with E-state index in [-0.39, 0.29) is 11.5 Å². The lowest BCUT2D eigenvalue weighted by Gasteiger charge is -1.99. The van der Waals surface area contributed by atoms with Gasteiger partial charge in [-0.15, -0.1) is 10.2 Å². The van der Waals surface area contributed by atoms with E-state index < -0.39 is 5.97 Å². The van der Waals surface area contributed by atoms with Crippen LogP contribution in [0.15, 0.2) is 52.8 Å². The van der Waals surface area contributed by atoms with Crippen LogP contribution in [0.2, 0.25) is 5.02 Å². The third-order valence-electron chi connectivity index (χ3n) is 3.05. The molecule has 3 aromatic rings. The Kier molecular flexibility index (Phi) is 3.60. The summed E-state index contributed by atoms with van der Waals surface area (Å²) in [6.45, 7) is 1.90. The standard InChI is InChI=1S/C15H11ClN4O2/c1-9-6-7-12-17-13(15(21)22)14(20(12)8-9)19-18-11-5-3-2-4-10(11)16/h2-8H,1H3,(H,21,22). The first kappa shape index (κ1) is 14.2. The molecule has 2 aromatic heterocycles. The van der Waals surface area contributed by atoms with Crippen molar-refractivity contribution >= 4 is 34.7 Å². The van der Waals surface area contributed by atoms with E-state index in [9.17, 15) is 9.90 Å². The maximum Gasteiger partial charge on any atom is 0.358 e. The van der Waals surface area contributed by atoms with Crippen molar-refractivity contribution in [2.75, 3.05) is 0 Å². The van der Waals surface area contributed by atoms with E-state index in [2.05, 4.69) is 15.2 Å². The molecule has 0 spiro atoms. The molecule has 7 heteroatoms. The zero-order chi connectivity index (χ0) is 15.7. The van der Waals surface area contributed by atoms with Gasteiger partial charge >= 0.3 is 5.97 Å². The van der Waals surface area contributed by atoms with E-state index in [1.165, 1.54) is 0 Å². The molecule has 0 saturated heterocycles. The van der Waals surface area contributed by atoms with E-state index in [4.69, 9.17) is 11.6 Å². The number of hydrogen-bond acceptors (Lipinski definition) is 4. The maximum absolute atomic E-state index is 11.4. The molecule has 0 radical (unpaired) electrons. The van der Waals surface area contributed by atoms with Gasteiger partial charge in [0.1, 0.15) is 11.3 Å². The van der Waals surface area contributed by atoms with Crippen molar-refractivity contribution in [2.45, 2.75) is 6.92 Å². The lowest BCUT2D eigenvalue weighted by Crippen LogP contribution is -1.96. The number of aromatic carboxylic acids is 1. The predicted octanol–water partition coefficient (Wildman–Crippen LogP) is 4.41. The summed E-state index contributed by atoms with van der Waals surface area (Å²) in [4.78, 5) is 15.4. The second-order valence-electron chi connectivity index (χ2n) is 4.68. The second kappa shape index (κ2) is 5.57. The third kappa shape index (κ3) is 2.56. The molecule has 2 heterocycles. The van der Waals surface area contributed by atoms with Gasteiger partial charge in [0.2, 0.25) is 0 Å². The lowest BCUT2D eigenvalue weighted by molar-refractivity contribution is 0.0692. The highest BCUT2D eigenvalue weighted by Crippen LogP contribution is 2.28. The number of rotatable bonds is 3. The summed E-state index contributed by atoms with van der Waals surface area (Å²) in [5.74, 6) is -0.999. The van der Waals surface area contributed by atoms with E-state index in [1.54, 1.807) is 40.9 Å². The van der Waals surface area contributed by atoms with Crippen molar-refractivity contribution in [2.24, 2.45) is 10.2 Å². The SMILES string of the molecule is Cc1ccc2nc(C(=O)O)c(N=Nc3ccccc3Cl)n2c1. The molecule has 0 aliphatic heterocycles. The van der Waals surface area contributed by atoms with E-state index in [0.29, 0.717) is 16.4 Å². The van der Waals surface area contributed by atoms with Crippen LogP contribution in [0.5, 0.6) is 0 Å². The first-order valence-electron chi connectivity index (χ1n) is 6.44. The average Bonchev–Trinajstić information content (AvgIpc) is 2.84. The number of pyridine rings is 1. The van der Waals surface area contributed by atoms with Gasteiger partial charge in [-0.05, 0) is 30.7 Å². The summed E-state index contributed by atoms with van der Waals surface area (Å²) in [5, 5.41) is 17.8. The predicted molar refractivity (Wildman–Crippen MR) is 82.5 cm³/mol. The van der Waals surface area contributed by atoms with Crippen molar-refractivity contribution in [3.63, 3.8) is 0 Å². The summed E-state index contributed by atoms with van der Waals surface area (Å²) < 4.78 is 1.60. The average molecular weight is 315 g/mol. The van der Waals surface area contributed by atoms with Crippen LogP contribution in [0, 0.1) is 6.92 Å². The van der Waals surface area contributed by atoms with Gasteiger partial charge in [0, 0.05) is 6.20 Å². The van der Waals surface area contributed by atoms with Crippen molar-refractivity contribution in [1.82, 2.24) is 9.38 Å². The van der Waals surface area contributed by atoms with Crippen LogP contribution in [0.3, 0.4) is 0 Å². The first-order chi connectivity index (χ1) is 10.6. The van der Waals surface area contributed by atoms with Gasteiger partial charge in [-0.2, -0.15) is 0 Å². The van der Waals surface area contributed by atoms with Crippen LogP contribution in [-0.4, -0.2) is 20.5 Å². The van der Waals surface area contributed by atoms with E-state index in [1.807, 2.05) is 13.0 Å². The second-order valence-corrected chi connectivity index (χ2v) is 5.08. The molecule has 1 N–H and O–H groups in total. The Hall–Kier alpha value is -2.73. The fourth-order valence-electron chi connectivity index (χ4n) is 2.01. The number of benzene rings is 1. The zero-order valence-corrected chi connectivity index (χ0v) is 12.3. The normalized spacial score (nSPS) is 11.4. The van der Waals surface area contributed by atoms with Crippen LogP contribution in [0.25, 0.3) is 5.65 Å². The van der Waals surface area contributed by atoms with Crippen LogP contribution in [0.4, 0.5) is 11.5 Å². The molecule has 0 unspecified atom stereocenters. The molecule has 0 saturated carbocycles. The maximum atomic E-state index is 11.4. The van der Waals surface area contributed by atoms with E-state index in [0.717, 1.165) is 5.56 Å². The van der Waals surface area contributed by atoms with Gasteiger partial charge in [-0.25, -0.2) is 9.78 Å². The van der Waals surface area contributed by atoms with Crippen molar-refractivity contribution in [1.29, 1.82) is 0 Å². The van der Waals surface area contributed by atoms with Crippen molar-refractivity contribution in [3.8, 4) is 0 Å². The summed E-state index contributed by atoms with van der Waals surface area (Å²) in [6, 6.07) is 10.5. The smallest absolute Gasteiger partial charge is 0.358 e. The number of carboxylic acid groups (broad SMARTS) is 1. The Morgan fingerprint density at radius 2 is 2.00 bits per heavy atom. The Bertz CT molecular complexity index is 902. The Labute approximate surface area is 130 Å². The minimum Gasteiger partial charge on any atom is -0.476 e. The molecule has 110 valence electrons.